The Bertz CT molecular complexity index is 1370. The lowest BCUT2D eigenvalue weighted by Crippen LogP contribution is -2.23. The molecule has 1 N–H and O–H groups in total. The first-order valence-electron chi connectivity index (χ1n) is 9.44. The van der Waals surface area contributed by atoms with Crippen LogP contribution in [0.15, 0.2) is 60.2 Å². The molecule has 4 rings (SSSR count). The van der Waals surface area contributed by atoms with Gasteiger partial charge in [-0.1, -0.05) is 29.3 Å². The van der Waals surface area contributed by atoms with Crippen LogP contribution in [0.3, 0.4) is 0 Å². The van der Waals surface area contributed by atoms with E-state index >= 15 is 4.39 Å². The van der Waals surface area contributed by atoms with Gasteiger partial charge in [0.1, 0.15) is 16.5 Å². The average molecular weight is 499 g/mol. The van der Waals surface area contributed by atoms with Crippen molar-refractivity contribution >= 4 is 40.4 Å². The third-order valence-corrected chi connectivity index (χ3v) is 5.86. The highest BCUT2D eigenvalue weighted by Gasteiger charge is 2.18. The summed E-state index contributed by atoms with van der Waals surface area (Å²) in [5.41, 5.74) is 1.49. The van der Waals surface area contributed by atoms with Gasteiger partial charge in [-0.3, -0.25) is 9.78 Å². The summed E-state index contributed by atoms with van der Waals surface area (Å²) >= 11 is 13.4. The van der Waals surface area contributed by atoms with Crippen LogP contribution in [-0.2, 0) is 6.54 Å². The Kier molecular flexibility index (Phi) is 6.84. The van der Waals surface area contributed by atoms with Gasteiger partial charge in [-0.05, 0) is 36.4 Å². The molecule has 0 aliphatic rings. The summed E-state index contributed by atoms with van der Waals surface area (Å²) in [4.78, 5) is 20.8. The Hall–Kier alpha value is -3.51. The summed E-state index contributed by atoms with van der Waals surface area (Å²) in [6.45, 7) is -0.112. The van der Waals surface area contributed by atoms with Crippen molar-refractivity contribution in [3.05, 3.63) is 92.9 Å². The van der Waals surface area contributed by atoms with Crippen molar-refractivity contribution in [1.82, 2.24) is 15.3 Å². The number of amides is 1. The Balaban J connectivity index is 1.49. The second-order valence-corrected chi connectivity index (χ2v) is 8.40. The normalized spacial score (nSPS) is 10.5. The van der Waals surface area contributed by atoms with Crippen LogP contribution >= 0.6 is 34.5 Å². The number of nitrogens with one attached hydrogen (secondary N) is 1. The molecule has 1 amide bonds. The molecule has 2 heterocycles. The van der Waals surface area contributed by atoms with Gasteiger partial charge < -0.3 is 10.1 Å². The van der Waals surface area contributed by atoms with Gasteiger partial charge in [0.2, 0.25) is 0 Å². The van der Waals surface area contributed by atoms with Crippen LogP contribution in [0, 0.1) is 17.1 Å². The Morgan fingerprint density at radius 1 is 1.18 bits per heavy atom. The maximum atomic E-state index is 15.1. The van der Waals surface area contributed by atoms with Gasteiger partial charge >= 0.3 is 0 Å². The fourth-order valence-corrected chi connectivity index (χ4v) is 4.09. The van der Waals surface area contributed by atoms with Crippen LogP contribution in [-0.4, -0.2) is 15.9 Å². The topological polar surface area (TPSA) is 87.9 Å². The zero-order valence-corrected chi connectivity index (χ0v) is 19.0. The molecular formula is C23H13Cl2FN4O2S. The number of nitriles is 1. The number of hydrogen-bond acceptors (Lipinski definition) is 6. The molecule has 0 spiro atoms. The molecule has 4 aromatic rings. The highest BCUT2D eigenvalue weighted by atomic mass is 35.5. The fraction of sp³-hybridized carbons (Fsp3) is 0.0435. The summed E-state index contributed by atoms with van der Waals surface area (Å²) in [7, 11) is 0. The number of ether oxygens (including phenoxy) is 1. The van der Waals surface area contributed by atoms with Crippen LogP contribution in [0.2, 0.25) is 10.0 Å². The van der Waals surface area contributed by atoms with E-state index < -0.39 is 11.7 Å². The molecule has 0 bridgehead atoms. The number of hydrogen-bond donors (Lipinski definition) is 1. The first kappa shape index (κ1) is 22.7. The molecule has 0 radical (unpaired) electrons. The summed E-state index contributed by atoms with van der Waals surface area (Å²) in [5, 5.41) is 14.3. The van der Waals surface area contributed by atoms with E-state index in [0.717, 1.165) is 5.56 Å². The lowest BCUT2D eigenvalue weighted by molar-refractivity contribution is 0.0946. The van der Waals surface area contributed by atoms with Gasteiger partial charge in [0.25, 0.3) is 5.91 Å². The van der Waals surface area contributed by atoms with E-state index in [0.29, 0.717) is 5.01 Å². The molecule has 6 nitrogen and oxygen atoms in total. The average Bonchev–Trinajstić information content (AvgIpc) is 3.32. The van der Waals surface area contributed by atoms with Crippen LogP contribution < -0.4 is 10.1 Å². The van der Waals surface area contributed by atoms with Gasteiger partial charge in [-0.25, -0.2) is 9.37 Å². The van der Waals surface area contributed by atoms with Gasteiger partial charge in [0.15, 0.2) is 11.6 Å². The SMILES string of the molecule is N#Cc1cc(Cl)cc(Oc2c(Cl)ccc(CNC(=O)c3csc(-c4ccncc4)n3)c2F)c1. The van der Waals surface area contributed by atoms with Gasteiger partial charge in [0, 0.05) is 40.5 Å². The van der Waals surface area contributed by atoms with Crippen molar-refractivity contribution in [1.29, 1.82) is 5.26 Å². The van der Waals surface area contributed by atoms with Crippen molar-refractivity contribution < 1.29 is 13.9 Å². The predicted octanol–water partition coefficient (Wildman–Crippen LogP) is 6.24. The number of benzene rings is 2. The number of rotatable bonds is 6. The molecule has 0 aliphatic carbocycles. The minimum Gasteiger partial charge on any atom is -0.453 e. The molecule has 0 aliphatic heterocycles. The first-order chi connectivity index (χ1) is 15.9. The number of pyridine rings is 1. The predicted molar refractivity (Wildman–Crippen MR) is 124 cm³/mol. The molecule has 0 saturated carbocycles. The second-order valence-electron chi connectivity index (χ2n) is 6.70. The van der Waals surface area contributed by atoms with Crippen LogP contribution in [0.4, 0.5) is 4.39 Å². The van der Waals surface area contributed by atoms with Gasteiger partial charge in [-0.2, -0.15) is 5.26 Å². The number of thiazole rings is 1. The lowest BCUT2D eigenvalue weighted by atomic mass is 10.2. The molecule has 33 heavy (non-hydrogen) atoms. The van der Waals surface area contributed by atoms with E-state index in [1.54, 1.807) is 29.9 Å². The van der Waals surface area contributed by atoms with E-state index in [2.05, 4.69) is 15.3 Å². The lowest BCUT2D eigenvalue weighted by Gasteiger charge is -2.13. The number of aromatic nitrogens is 2. The quantitative estimate of drug-likeness (QED) is 0.339. The Morgan fingerprint density at radius 3 is 2.73 bits per heavy atom. The van der Waals surface area contributed by atoms with Crippen molar-refractivity contribution in [2.24, 2.45) is 0 Å². The smallest absolute Gasteiger partial charge is 0.271 e. The number of halogens is 3. The number of carbonyl (C=O) groups is 1. The van der Waals surface area contributed by atoms with Crippen molar-refractivity contribution in [2.75, 3.05) is 0 Å². The summed E-state index contributed by atoms with van der Waals surface area (Å²) in [6.07, 6.45) is 3.29. The molecule has 0 saturated heterocycles. The molecule has 164 valence electrons. The largest absolute Gasteiger partial charge is 0.453 e. The second kappa shape index (κ2) is 9.96. The Morgan fingerprint density at radius 2 is 1.97 bits per heavy atom. The minimum atomic E-state index is -0.739. The minimum absolute atomic E-state index is 0.0301. The first-order valence-corrected chi connectivity index (χ1v) is 11.1. The van der Waals surface area contributed by atoms with Crippen LogP contribution in [0.5, 0.6) is 11.5 Å². The molecule has 0 unspecified atom stereocenters. The van der Waals surface area contributed by atoms with Gasteiger partial charge in [-0.15, -0.1) is 11.3 Å². The van der Waals surface area contributed by atoms with Crippen LogP contribution in [0.1, 0.15) is 21.6 Å². The number of nitrogens with zero attached hydrogens (tertiary/aromatic N) is 3. The molecular weight excluding hydrogens is 486 g/mol. The maximum Gasteiger partial charge on any atom is 0.271 e. The van der Waals surface area contributed by atoms with Crippen molar-refractivity contribution in [3.8, 4) is 28.1 Å². The van der Waals surface area contributed by atoms with E-state index in [1.807, 2.05) is 6.07 Å². The van der Waals surface area contributed by atoms with E-state index in [9.17, 15) is 4.79 Å². The molecule has 0 fully saturated rings. The summed E-state index contributed by atoms with van der Waals surface area (Å²) in [5.74, 6) is -1.26. The standard InChI is InChI=1S/C23H13Cl2FN4O2S/c24-16-7-13(10-27)8-17(9-16)32-21-18(25)2-1-15(20(21)26)11-29-22(31)19-12-33-23(30-19)14-3-5-28-6-4-14/h1-9,12H,11H2,(H,29,31). The third-order valence-electron chi connectivity index (χ3n) is 4.45. The zero-order chi connectivity index (χ0) is 23.4. The molecule has 10 heteroatoms. The molecule has 2 aromatic heterocycles. The van der Waals surface area contributed by atoms with Crippen LogP contribution in [0.25, 0.3) is 10.6 Å². The highest BCUT2D eigenvalue weighted by Crippen LogP contribution is 2.35. The monoisotopic (exact) mass is 498 g/mol. The zero-order valence-electron chi connectivity index (χ0n) is 16.7. The Labute approximate surface area is 202 Å². The molecule has 2 aromatic carbocycles. The van der Waals surface area contributed by atoms with Gasteiger partial charge in [0.05, 0.1) is 16.7 Å². The van der Waals surface area contributed by atoms with E-state index in [-0.39, 0.29) is 44.9 Å². The van der Waals surface area contributed by atoms with Crippen molar-refractivity contribution in [3.63, 3.8) is 0 Å². The van der Waals surface area contributed by atoms with E-state index in [1.165, 1.54) is 41.7 Å². The van der Waals surface area contributed by atoms with Crippen molar-refractivity contribution in [2.45, 2.75) is 6.54 Å². The number of carbonyl (C=O) groups excluding carboxylic acids is 1. The van der Waals surface area contributed by atoms with E-state index in [4.69, 9.17) is 33.2 Å². The maximum absolute atomic E-state index is 15.1. The summed E-state index contributed by atoms with van der Waals surface area (Å²) in [6, 6.07) is 12.8. The molecule has 0 atom stereocenters. The third kappa shape index (κ3) is 5.29. The summed E-state index contributed by atoms with van der Waals surface area (Å²) < 4.78 is 20.7. The highest BCUT2D eigenvalue weighted by molar-refractivity contribution is 7.13. The fourth-order valence-electron chi connectivity index (χ4n) is 2.88.